The molecule has 62 valence electrons. The lowest BCUT2D eigenvalue weighted by Crippen LogP contribution is -2.43. The highest BCUT2D eigenvalue weighted by molar-refractivity contribution is 5.92. The summed E-state index contributed by atoms with van der Waals surface area (Å²) in [6, 6.07) is 0. The van der Waals surface area contributed by atoms with E-state index in [9.17, 15) is 0 Å². The summed E-state index contributed by atoms with van der Waals surface area (Å²) >= 11 is 0. The van der Waals surface area contributed by atoms with Crippen LogP contribution < -0.4 is 5.73 Å². The summed E-state index contributed by atoms with van der Waals surface area (Å²) in [6.45, 7) is 3.00. The van der Waals surface area contributed by atoms with Gasteiger partial charge in [-0.15, -0.1) is 12.4 Å². The molecule has 0 aromatic rings. The summed E-state index contributed by atoms with van der Waals surface area (Å²) in [6.07, 6.45) is 0. The van der Waals surface area contributed by atoms with Gasteiger partial charge in [0, 0.05) is 0 Å². The molecule has 0 amide bonds. The van der Waals surface area contributed by atoms with E-state index >= 15 is 0 Å². The number of rotatable bonds is 2. The van der Waals surface area contributed by atoms with Crippen LogP contribution in [0.15, 0.2) is 5.16 Å². The van der Waals surface area contributed by atoms with Gasteiger partial charge in [-0.3, -0.25) is 0 Å². The van der Waals surface area contributed by atoms with Crippen molar-refractivity contribution in [2.45, 2.75) is 19.4 Å². The van der Waals surface area contributed by atoms with E-state index in [1.54, 1.807) is 13.8 Å². The first-order valence-electron chi connectivity index (χ1n) is 2.63. The first kappa shape index (κ1) is 12.4. The van der Waals surface area contributed by atoms with Crippen molar-refractivity contribution in [1.29, 1.82) is 0 Å². The zero-order valence-electron chi connectivity index (χ0n) is 6.03. The molecule has 0 unspecified atom stereocenters. The molecule has 5 heteroatoms. The van der Waals surface area contributed by atoms with Crippen molar-refractivity contribution >= 4 is 18.1 Å². The average molecular weight is 169 g/mol. The normalized spacial score (nSPS) is 12.6. The molecule has 0 saturated carbocycles. The number of halogens is 1. The number of nitrogens with zero attached hydrogens (tertiary/aromatic N) is 1. The standard InChI is InChI=1S/C5H12N2O2.ClH/c1-5(2,6)4(3-8)7-9;/h8-9H,3,6H2,1-2H3;1H. The molecule has 4 N–H and O–H groups in total. The van der Waals surface area contributed by atoms with Crippen LogP contribution in [0.5, 0.6) is 0 Å². The molecule has 0 saturated heterocycles. The van der Waals surface area contributed by atoms with Crippen LogP contribution in [-0.2, 0) is 0 Å². The zero-order valence-corrected chi connectivity index (χ0v) is 6.85. The molecule has 0 fully saturated rings. The van der Waals surface area contributed by atoms with E-state index in [4.69, 9.17) is 16.0 Å². The van der Waals surface area contributed by atoms with E-state index in [2.05, 4.69) is 5.16 Å². The third-order valence-corrected chi connectivity index (χ3v) is 1.01. The molecule has 0 heterocycles. The summed E-state index contributed by atoms with van der Waals surface area (Å²) in [7, 11) is 0. The first-order chi connectivity index (χ1) is 4.02. The van der Waals surface area contributed by atoms with Gasteiger partial charge in [0.1, 0.15) is 5.71 Å². The summed E-state index contributed by atoms with van der Waals surface area (Å²) in [5, 5.41) is 19.5. The number of aliphatic hydroxyl groups is 1. The summed E-state index contributed by atoms with van der Waals surface area (Å²) in [5.41, 5.74) is 4.90. The van der Waals surface area contributed by atoms with Crippen molar-refractivity contribution in [3.05, 3.63) is 0 Å². The Morgan fingerprint density at radius 3 is 2.00 bits per heavy atom. The maximum atomic E-state index is 8.49. The smallest absolute Gasteiger partial charge is 0.102 e. The lowest BCUT2D eigenvalue weighted by atomic mass is 10.0. The Kier molecular flexibility index (Phi) is 5.55. The number of aliphatic hydroxyl groups excluding tert-OH is 1. The van der Waals surface area contributed by atoms with Gasteiger partial charge in [-0.2, -0.15) is 0 Å². The van der Waals surface area contributed by atoms with Crippen molar-refractivity contribution in [3.8, 4) is 0 Å². The third-order valence-electron chi connectivity index (χ3n) is 1.01. The van der Waals surface area contributed by atoms with Gasteiger partial charge in [0.05, 0.1) is 12.1 Å². The fourth-order valence-corrected chi connectivity index (χ4v) is 0.364. The molecule has 10 heavy (non-hydrogen) atoms. The van der Waals surface area contributed by atoms with Crippen LogP contribution in [0.25, 0.3) is 0 Å². The highest BCUT2D eigenvalue weighted by atomic mass is 35.5. The quantitative estimate of drug-likeness (QED) is 0.308. The van der Waals surface area contributed by atoms with E-state index in [1.807, 2.05) is 0 Å². The Hall–Kier alpha value is -0.320. The van der Waals surface area contributed by atoms with Gasteiger partial charge in [-0.25, -0.2) is 0 Å². The first-order valence-corrected chi connectivity index (χ1v) is 2.63. The molecule has 0 atom stereocenters. The van der Waals surface area contributed by atoms with Gasteiger partial charge >= 0.3 is 0 Å². The second-order valence-corrected chi connectivity index (χ2v) is 2.43. The lowest BCUT2D eigenvalue weighted by Gasteiger charge is -2.17. The van der Waals surface area contributed by atoms with Crippen LogP contribution in [0.3, 0.4) is 0 Å². The van der Waals surface area contributed by atoms with E-state index < -0.39 is 5.54 Å². The molecule has 0 spiro atoms. The van der Waals surface area contributed by atoms with E-state index in [1.165, 1.54) is 0 Å². The summed E-state index contributed by atoms with van der Waals surface area (Å²) in [5.74, 6) is 0. The lowest BCUT2D eigenvalue weighted by molar-refractivity contribution is 0.294. The Balaban J connectivity index is 0. The number of oxime groups is 1. The van der Waals surface area contributed by atoms with Crippen LogP contribution in [0.4, 0.5) is 0 Å². The maximum absolute atomic E-state index is 8.49. The van der Waals surface area contributed by atoms with Crippen molar-refractivity contribution in [2.24, 2.45) is 10.9 Å². The van der Waals surface area contributed by atoms with Crippen LogP contribution >= 0.6 is 12.4 Å². The van der Waals surface area contributed by atoms with Crippen molar-refractivity contribution in [3.63, 3.8) is 0 Å². The van der Waals surface area contributed by atoms with Gasteiger partial charge in [0.2, 0.25) is 0 Å². The molecule has 0 aromatic carbocycles. The van der Waals surface area contributed by atoms with Crippen molar-refractivity contribution < 1.29 is 10.3 Å². The fraction of sp³-hybridized carbons (Fsp3) is 0.800. The zero-order chi connectivity index (χ0) is 7.49. The predicted molar refractivity (Wildman–Crippen MR) is 41.8 cm³/mol. The molecule has 0 aromatic heterocycles. The van der Waals surface area contributed by atoms with Gasteiger partial charge < -0.3 is 16.0 Å². The van der Waals surface area contributed by atoms with Crippen molar-refractivity contribution in [1.82, 2.24) is 0 Å². The van der Waals surface area contributed by atoms with Crippen LogP contribution in [0.1, 0.15) is 13.8 Å². The minimum atomic E-state index is -0.733. The average Bonchev–Trinajstić information content (AvgIpc) is 1.65. The minimum Gasteiger partial charge on any atom is -0.411 e. The second-order valence-electron chi connectivity index (χ2n) is 2.43. The molecule has 0 aliphatic carbocycles. The van der Waals surface area contributed by atoms with E-state index in [0.717, 1.165) is 0 Å². The molecule has 0 radical (unpaired) electrons. The minimum absolute atomic E-state index is 0. The molecule has 0 aliphatic heterocycles. The van der Waals surface area contributed by atoms with Crippen LogP contribution in [0.2, 0.25) is 0 Å². The van der Waals surface area contributed by atoms with E-state index in [0.29, 0.717) is 0 Å². The van der Waals surface area contributed by atoms with Gasteiger partial charge in [0.25, 0.3) is 0 Å². The fourth-order valence-electron chi connectivity index (χ4n) is 0.364. The van der Waals surface area contributed by atoms with Crippen molar-refractivity contribution in [2.75, 3.05) is 6.61 Å². The highest BCUT2D eigenvalue weighted by Gasteiger charge is 2.18. The predicted octanol–water partition coefficient (Wildman–Crippen LogP) is -0.0320. The van der Waals surface area contributed by atoms with E-state index in [-0.39, 0.29) is 24.7 Å². The SMILES string of the molecule is CC(C)(N)C(CO)=NO.Cl. The largest absolute Gasteiger partial charge is 0.411 e. The number of hydrogen-bond acceptors (Lipinski definition) is 4. The van der Waals surface area contributed by atoms with Gasteiger partial charge in [-0.05, 0) is 13.8 Å². The number of hydrogen-bond donors (Lipinski definition) is 3. The second kappa shape index (κ2) is 4.49. The summed E-state index contributed by atoms with van der Waals surface area (Å²) < 4.78 is 0. The number of nitrogens with two attached hydrogens (primary N) is 1. The highest BCUT2D eigenvalue weighted by Crippen LogP contribution is 1.98. The Labute approximate surface area is 66.1 Å². The molecule has 0 rings (SSSR count). The Morgan fingerprint density at radius 2 is 2.00 bits per heavy atom. The van der Waals surface area contributed by atoms with Gasteiger partial charge in [-0.1, -0.05) is 5.16 Å². The topological polar surface area (TPSA) is 78.8 Å². The molecule has 0 aliphatic rings. The molecular formula is C5H13ClN2O2. The molecular weight excluding hydrogens is 156 g/mol. The third kappa shape index (κ3) is 3.66. The monoisotopic (exact) mass is 168 g/mol. The molecule has 4 nitrogen and oxygen atoms in total. The Bertz CT molecular complexity index is 119. The summed E-state index contributed by atoms with van der Waals surface area (Å²) in [4.78, 5) is 0. The van der Waals surface area contributed by atoms with Crippen LogP contribution in [0, 0.1) is 0 Å². The molecule has 0 bridgehead atoms. The van der Waals surface area contributed by atoms with Gasteiger partial charge in [0.15, 0.2) is 0 Å². The maximum Gasteiger partial charge on any atom is 0.102 e. The van der Waals surface area contributed by atoms with Crippen LogP contribution in [-0.4, -0.2) is 28.2 Å². The Morgan fingerprint density at radius 1 is 1.60 bits per heavy atom.